The van der Waals surface area contributed by atoms with Crippen molar-refractivity contribution < 1.29 is 38.1 Å². The predicted molar refractivity (Wildman–Crippen MR) is 134 cm³/mol. The molecule has 1 rings (SSSR count). The van der Waals surface area contributed by atoms with E-state index < -0.39 is 29.3 Å². The lowest BCUT2D eigenvalue weighted by atomic mass is 9.92. The van der Waals surface area contributed by atoms with Crippen LogP contribution in [0.2, 0.25) is 0 Å². The minimum absolute atomic E-state index is 0.378. The SMILES string of the molecule is C=CC(=O)OCC(COC(=O)C=C)(COC(=O)C=C)COC(=O)C=C.C=Cc1ccccc1C=C. The molecule has 0 spiro atoms. The summed E-state index contributed by atoms with van der Waals surface area (Å²) < 4.78 is 19.8. The first-order chi connectivity index (χ1) is 16.7. The number of ether oxygens (including phenoxy) is 4. The summed E-state index contributed by atoms with van der Waals surface area (Å²) in [4.78, 5) is 45.3. The van der Waals surface area contributed by atoms with Crippen LogP contribution < -0.4 is 0 Å². The number of rotatable bonds is 14. The molecule has 35 heavy (non-hydrogen) atoms. The van der Waals surface area contributed by atoms with Gasteiger partial charge in [-0.1, -0.05) is 75.9 Å². The molecule has 0 unspecified atom stereocenters. The molecule has 0 amide bonds. The van der Waals surface area contributed by atoms with Gasteiger partial charge in [-0.05, 0) is 11.1 Å². The molecule has 0 bridgehead atoms. The van der Waals surface area contributed by atoms with Crippen LogP contribution in [0.15, 0.2) is 88.0 Å². The Bertz CT molecular complexity index is 829. The van der Waals surface area contributed by atoms with Crippen LogP contribution in [0.4, 0.5) is 0 Å². The number of carbonyl (C=O) groups is 4. The third-order valence-electron chi connectivity index (χ3n) is 4.18. The molecular formula is C27H30O8. The molecule has 1 aromatic carbocycles. The summed E-state index contributed by atoms with van der Waals surface area (Å²) in [6.07, 6.45) is 7.35. The van der Waals surface area contributed by atoms with Crippen molar-refractivity contribution in [1.82, 2.24) is 0 Å². The van der Waals surface area contributed by atoms with Gasteiger partial charge >= 0.3 is 23.9 Å². The second-order valence-corrected chi connectivity index (χ2v) is 6.78. The van der Waals surface area contributed by atoms with Gasteiger partial charge < -0.3 is 18.9 Å². The van der Waals surface area contributed by atoms with Crippen LogP contribution >= 0.6 is 0 Å². The standard InChI is InChI=1S/C17H20O8.C10H10/c1-5-13(18)22-9-17(10-23-14(19)6-2,11-24-15(20)7-3)12-25-16(21)8-4;1-3-9-7-5-6-8-10(9)4-2/h5-8H,1-4,9-12H2;3-8H,1-2H2. The third-order valence-corrected chi connectivity index (χ3v) is 4.18. The maximum atomic E-state index is 11.3. The van der Waals surface area contributed by atoms with Crippen LogP contribution in [0.1, 0.15) is 11.1 Å². The van der Waals surface area contributed by atoms with Crippen LogP contribution in [0, 0.1) is 5.41 Å². The number of carbonyl (C=O) groups excluding carboxylic acids is 4. The molecule has 8 heteroatoms. The van der Waals surface area contributed by atoms with Crippen molar-refractivity contribution >= 4 is 36.0 Å². The second-order valence-electron chi connectivity index (χ2n) is 6.78. The Balaban J connectivity index is 0.000000952. The Labute approximate surface area is 205 Å². The first-order valence-corrected chi connectivity index (χ1v) is 10.2. The van der Waals surface area contributed by atoms with E-state index in [1.54, 1.807) is 0 Å². The molecule has 0 saturated heterocycles. The van der Waals surface area contributed by atoms with Gasteiger partial charge in [0.05, 0.1) is 0 Å². The van der Waals surface area contributed by atoms with E-state index >= 15 is 0 Å². The summed E-state index contributed by atoms with van der Waals surface area (Å²) in [5.74, 6) is -3.04. The zero-order valence-electron chi connectivity index (χ0n) is 19.6. The molecule has 0 radical (unpaired) electrons. The van der Waals surface area contributed by atoms with E-state index in [4.69, 9.17) is 18.9 Å². The first-order valence-electron chi connectivity index (χ1n) is 10.2. The van der Waals surface area contributed by atoms with E-state index in [1.165, 1.54) is 0 Å². The first kappa shape index (κ1) is 30.5. The highest BCUT2D eigenvalue weighted by Crippen LogP contribution is 2.21. The topological polar surface area (TPSA) is 105 Å². The van der Waals surface area contributed by atoms with E-state index in [2.05, 4.69) is 39.5 Å². The number of hydrogen-bond donors (Lipinski definition) is 0. The highest BCUT2D eigenvalue weighted by molar-refractivity contribution is 5.82. The maximum absolute atomic E-state index is 11.3. The van der Waals surface area contributed by atoms with E-state index in [1.807, 2.05) is 36.4 Å². The average molecular weight is 483 g/mol. The number of benzene rings is 1. The summed E-state index contributed by atoms with van der Waals surface area (Å²) in [6, 6.07) is 8.02. The fourth-order valence-electron chi connectivity index (χ4n) is 2.27. The highest BCUT2D eigenvalue weighted by Gasteiger charge is 2.37. The van der Waals surface area contributed by atoms with Crippen LogP contribution in [-0.4, -0.2) is 50.3 Å². The summed E-state index contributed by atoms with van der Waals surface area (Å²) >= 11 is 0. The van der Waals surface area contributed by atoms with Crippen LogP contribution in [0.3, 0.4) is 0 Å². The van der Waals surface area contributed by atoms with Gasteiger partial charge in [-0.3, -0.25) is 0 Å². The molecule has 0 aliphatic heterocycles. The smallest absolute Gasteiger partial charge is 0.330 e. The zero-order valence-corrected chi connectivity index (χ0v) is 19.6. The Morgan fingerprint density at radius 1 is 0.571 bits per heavy atom. The predicted octanol–water partition coefficient (Wildman–Crippen LogP) is 3.86. The molecule has 0 atom stereocenters. The van der Waals surface area contributed by atoms with Crippen molar-refractivity contribution in [3.05, 3.63) is 99.2 Å². The summed E-state index contributed by atoms with van der Waals surface area (Å²) in [7, 11) is 0. The van der Waals surface area contributed by atoms with Gasteiger partial charge in [-0.2, -0.15) is 0 Å². The largest absolute Gasteiger partial charge is 0.462 e. The molecule has 8 nitrogen and oxygen atoms in total. The summed E-state index contributed by atoms with van der Waals surface area (Å²) in [5.41, 5.74) is 0.935. The van der Waals surface area contributed by atoms with Crippen LogP contribution in [0.25, 0.3) is 12.2 Å². The number of hydrogen-bond acceptors (Lipinski definition) is 8. The molecule has 0 aliphatic rings. The fourth-order valence-corrected chi connectivity index (χ4v) is 2.27. The van der Waals surface area contributed by atoms with Gasteiger partial charge in [0.15, 0.2) is 0 Å². The molecule has 0 heterocycles. The molecule has 0 aromatic heterocycles. The van der Waals surface area contributed by atoms with E-state index in [-0.39, 0.29) is 26.4 Å². The molecule has 0 aliphatic carbocycles. The van der Waals surface area contributed by atoms with Gasteiger partial charge in [-0.15, -0.1) is 0 Å². The second kappa shape index (κ2) is 17.1. The number of esters is 4. The average Bonchev–Trinajstić information content (AvgIpc) is 2.91. The van der Waals surface area contributed by atoms with Gasteiger partial charge in [0.25, 0.3) is 0 Å². The monoisotopic (exact) mass is 482 g/mol. The fraction of sp³-hybridized carbons (Fsp3) is 0.185. The van der Waals surface area contributed by atoms with E-state index in [0.717, 1.165) is 35.4 Å². The lowest BCUT2D eigenvalue weighted by Crippen LogP contribution is -2.43. The maximum Gasteiger partial charge on any atom is 0.330 e. The van der Waals surface area contributed by atoms with E-state index in [9.17, 15) is 19.2 Å². The molecule has 0 N–H and O–H groups in total. The van der Waals surface area contributed by atoms with Crippen molar-refractivity contribution in [1.29, 1.82) is 0 Å². The van der Waals surface area contributed by atoms with Crippen molar-refractivity contribution in [2.45, 2.75) is 0 Å². The van der Waals surface area contributed by atoms with Crippen LogP contribution in [0.5, 0.6) is 0 Å². The van der Waals surface area contributed by atoms with Crippen LogP contribution in [-0.2, 0) is 38.1 Å². The highest BCUT2D eigenvalue weighted by atomic mass is 16.6. The van der Waals surface area contributed by atoms with Gasteiger partial charge in [0, 0.05) is 24.3 Å². The molecular weight excluding hydrogens is 452 g/mol. The third kappa shape index (κ3) is 12.4. The van der Waals surface area contributed by atoms with Crippen molar-refractivity contribution in [3.8, 4) is 0 Å². The Morgan fingerprint density at radius 2 is 0.829 bits per heavy atom. The summed E-state index contributed by atoms with van der Waals surface area (Å²) in [6.45, 7) is 18.9. The normalized spacial score (nSPS) is 9.60. The van der Waals surface area contributed by atoms with Gasteiger partial charge in [0.1, 0.15) is 31.8 Å². The van der Waals surface area contributed by atoms with Crippen molar-refractivity contribution in [2.24, 2.45) is 5.41 Å². The molecule has 0 saturated carbocycles. The van der Waals surface area contributed by atoms with Gasteiger partial charge in [0.2, 0.25) is 0 Å². The zero-order chi connectivity index (χ0) is 26.7. The minimum Gasteiger partial charge on any atom is -0.462 e. The van der Waals surface area contributed by atoms with Crippen molar-refractivity contribution in [3.63, 3.8) is 0 Å². The lowest BCUT2D eigenvalue weighted by molar-refractivity contribution is -0.164. The van der Waals surface area contributed by atoms with Crippen molar-refractivity contribution in [2.75, 3.05) is 26.4 Å². The Morgan fingerprint density at radius 3 is 1.03 bits per heavy atom. The Kier molecular flexibility index (Phi) is 14.9. The lowest BCUT2D eigenvalue weighted by Gasteiger charge is -2.31. The molecule has 186 valence electrons. The Hall–Kier alpha value is -4.46. The molecule has 0 fully saturated rings. The molecule has 1 aromatic rings. The quantitative estimate of drug-likeness (QED) is 0.224. The van der Waals surface area contributed by atoms with E-state index in [0.29, 0.717) is 0 Å². The summed E-state index contributed by atoms with van der Waals surface area (Å²) in [5, 5.41) is 0. The van der Waals surface area contributed by atoms with Gasteiger partial charge in [-0.25, -0.2) is 19.2 Å². The minimum atomic E-state index is -1.34.